The molecular formula is C21H21N3O2. The number of aryl methyl sites for hydroxylation is 1. The molecule has 2 N–H and O–H groups in total. The molecule has 0 saturated heterocycles. The zero-order valence-corrected chi connectivity index (χ0v) is 14.7. The molecule has 0 aliphatic heterocycles. The average molecular weight is 347 g/mol. The first-order valence-corrected chi connectivity index (χ1v) is 8.58. The van der Waals surface area contributed by atoms with Crippen LogP contribution in [-0.2, 0) is 17.6 Å². The van der Waals surface area contributed by atoms with Crippen LogP contribution in [-0.4, -0.2) is 22.4 Å². The van der Waals surface area contributed by atoms with Crippen molar-refractivity contribution >= 4 is 5.91 Å². The quantitative estimate of drug-likeness (QED) is 0.720. The zero-order valence-electron chi connectivity index (χ0n) is 14.7. The van der Waals surface area contributed by atoms with E-state index in [4.69, 9.17) is 0 Å². The first-order valence-electron chi connectivity index (χ1n) is 8.58. The molecule has 1 aromatic heterocycles. The van der Waals surface area contributed by atoms with Crippen molar-refractivity contribution in [3.05, 3.63) is 88.1 Å². The molecule has 0 bridgehead atoms. The van der Waals surface area contributed by atoms with Crippen molar-refractivity contribution in [2.45, 2.75) is 19.8 Å². The van der Waals surface area contributed by atoms with E-state index in [1.54, 1.807) is 6.92 Å². The van der Waals surface area contributed by atoms with E-state index >= 15 is 0 Å². The Kier molecular flexibility index (Phi) is 5.59. The maximum absolute atomic E-state index is 12.1. The van der Waals surface area contributed by atoms with Crippen LogP contribution >= 0.6 is 0 Å². The smallest absolute Gasteiger partial charge is 0.251 e. The monoisotopic (exact) mass is 347 g/mol. The molecule has 0 atom stereocenters. The molecule has 0 aliphatic rings. The van der Waals surface area contributed by atoms with E-state index in [1.807, 2.05) is 42.5 Å². The third-order valence-corrected chi connectivity index (χ3v) is 4.03. The lowest BCUT2D eigenvalue weighted by Gasteiger charge is -2.07. The lowest BCUT2D eigenvalue weighted by Crippen LogP contribution is -2.28. The molecule has 0 aliphatic carbocycles. The molecule has 0 unspecified atom stereocenters. The fraction of sp³-hybridized carbons (Fsp3) is 0.190. The summed E-state index contributed by atoms with van der Waals surface area (Å²) in [5.74, 6) is 0.537. The van der Waals surface area contributed by atoms with Gasteiger partial charge in [-0.3, -0.25) is 9.59 Å². The van der Waals surface area contributed by atoms with Gasteiger partial charge in [-0.15, -0.1) is 0 Å². The molecule has 3 rings (SSSR count). The van der Waals surface area contributed by atoms with Gasteiger partial charge in [0.1, 0.15) is 5.82 Å². The standard InChI is InChI=1S/C21H21N3O2/c1-15-13-21(26)24-19(23-15)11-12-22-20(25)14-16-7-9-18(10-8-16)17-5-3-2-4-6-17/h2-10,13H,11-12,14H2,1H3,(H,22,25)(H,23,24,26). The summed E-state index contributed by atoms with van der Waals surface area (Å²) >= 11 is 0. The number of carbonyl (C=O) groups excluding carboxylic acids is 1. The zero-order chi connectivity index (χ0) is 18.4. The number of H-pyrrole nitrogens is 1. The third-order valence-electron chi connectivity index (χ3n) is 4.03. The first-order chi connectivity index (χ1) is 12.6. The van der Waals surface area contributed by atoms with Crippen molar-refractivity contribution < 1.29 is 4.79 Å². The molecule has 0 fully saturated rings. The number of rotatable bonds is 6. The van der Waals surface area contributed by atoms with E-state index in [1.165, 1.54) is 6.07 Å². The van der Waals surface area contributed by atoms with Crippen LogP contribution in [0.3, 0.4) is 0 Å². The summed E-state index contributed by atoms with van der Waals surface area (Å²) in [4.78, 5) is 30.4. The van der Waals surface area contributed by atoms with Crippen molar-refractivity contribution in [3.63, 3.8) is 0 Å². The largest absolute Gasteiger partial charge is 0.355 e. The highest BCUT2D eigenvalue weighted by molar-refractivity contribution is 5.78. The number of nitrogens with one attached hydrogen (secondary N) is 2. The molecule has 0 saturated carbocycles. The number of amides is 1. The molecule has 5 nitrogen and oxygen atoms in total. The molecule has 1 heterocycles. The topological polar surface area (TPSA) is 74.8 Å². The van der Waals surface area contributed by atoms with Gasteiger partial charge >= 0.3 is 0 Å². The summed E-state index contributed by atoms with van der Waals surface area (Å²) in [6, 6.07) is 19.6. The van der Waals surface area contributed by atoms with Crippen LogP contribution in [0.1, 0.15) is 17.1 Å². The second-order valence-electron chi connectivity index (χ2n) is 6.17. The molecule has 0 radical (unpaired) electrons. The summed E-state index contributed by atoms with van der Waals surface area (Å²) in [5.41, 5.74) is 3.75. The van der Waals surface area contributed by atoms with Crippen LogP contribution in [0.25, 0.3) is 11.1 Å². The number of aromatic amines is 1. The number of benzene rings is 2. The van der Waals surface area contributed by atoms with Gasteiger partial charge in [-0.1, -0.05) is 54.6 Å². The van der Waals surface area contributed by atoms with Crippen LogP contribution in [0.5, 0.6) is 0 Å². The summed E-state index contributed by atoms with van der Waals surface area (Å²) in [5, 5.41) is 2.86. The summed E-state index contributed by atoms with van der Waals surface area (Å²) in [6.45, 7) is 2.21. The van der Waals surface area contributed by atoms with Crippen LogP contribution in [0, 0.1) is 6.92 Å². The van der Waals surface area contributed by atoms with Crippen LogP contribution in [0.15, 0.2) is 65.5 Å². The Morgan fingerprint density at radius 3 is 2.42 bits per heavy atom. The number of nitrogens with zero attached hydrogens (tertiary/aromatic N) is 1. The van der Waals surface area contributed by atoms with Crippen LogP contribution in [0.4, 0.5) is 0 Å². The van der Waals surface area contributed by atoms with Crippen molar-refractivity contribution in [2.24, 2.45) is 0 Å². The van der Waals surface area contributed by atoms with Gasteiger partial charge in [-0.05, 0) is 23.6 Å². The second-order valence-corrected chi connectivity index (χ2v) is 6.17. The first kappa shape index (κ1) is 17.6. The van der Waals surface area contributed by atoms with Gasteiger partial charge in [-0.2, -0.15) is 0 Å². The summed E-state index contributed by atoms with van der Waals surface area (Å²) in [6.07, 6.45) is 0.822. The Hall–Kier alpha value is -3.21. The van der Waals surface area contributed by atoms with Gasteiger partial charge in [0, 0.05) is 24.7 Å². The fourth-order valence-corrected chi connectivity index (χ4v) is 2.77. The van der Waals surface area contributed by atoms with Gasteiger partial charge in [0.05, 0.1) is 6.42 Å². The predicted octanol–water partition coefficient (Wildman–Crippen LogP) is 2.65. The van der Waals surface area contributed by atoms with Crippen molar-refractivity contribution in [3.8, 4) is 11.1 Å². The van der Waals surface area contributed by atoms with E-state index in [0.717, 1.165) is 16.7 Å². The van der Waals surface area contributed by atoms with Gasteiger partial charge in [-0.25, -0.2) is 4.98 Å². The Morgan fingerprint density at radius 1 is 1.04 bits per heavy atom. The summed E-state index contributed by atoms with van der Waals surface area (Å²) in [7, 11) is 0. The predicted molar refractivity (Wildman–Crippen MR) is 102 cm³/mol. The van der Waals surface area contributed by atoms with Crippen LogP contribution < -0.4 is 10.9 Å². The van der Waals surface area contributed by atoms with Gasteiger partial charge in [0.15, 0.2) is 0 Å². The molecule has 132 valence electrons. The van der Waals surface area contributed by atoms with Gasteiger partial charge in [0.25, 0.3) is 5.56 Å². The average Bonchev–Trinajstić information content (AvgIpc) is 2.62. The molecule has 0 spiro atoms. The van der Waals surface area contributed by atoms with E-state index in [2.05, 4.69) is 27.4 Å². The maximum atomic E-state index is 12.1. The van der Waals surface area contributed by atoms with Gasteiger partial charge < -0.3 is 10.3 Å². The van der Waals surface area contributed by atoms with Crippen molar-refractivity contribution in [1.82, 2.24) is 15.3 Å². The molecule has 26 heavy (non-hydrogen) atoms. The Bertz CT molecular complexity index is 931. The number of aromatic nitrogens is 2. The van der Waals surface area contributed by atoms with E-state index < -0.39 is 0 Å². The lowest BCUT2D eigenvalue weighted by molar-refractivity contribution is -0.120. The minimum atomic E-state index is -0.169. The molecular weight excluding hydrogens is 326 g/mol. The normalized spacial score (nSPS) is 10.5. The highest BCUT2D eigenvalue weighted by Gasteiger charge is 2.05. The number of hydrogen-bond donors (Lipinski definition) is 2. The summed E-state index contributed by atoms with van der Waals surface area (Å²) < 4.78 is 0. The Balaban J connectivity index is 1.51. The second kappa shape index (κ2) is 8.25. The Morgan fingerprint density at radius 2 is 1.73 bits per heavy atom. The van der Waals surface area contributed by atoms with Gasteiger partial charge in [0.2, 0.25) is 5.91 Å². The number of hydrogen-bond acceptors (Lipinski definition) is 3. The van der Waals surface area contributed by atoms with E-state index in [9.17, 15) is 9.59 Å². The molecule has 1 amide bonds. The minimum Gasteiger partial charge on any atom is -0.355 e. The fourth-order valence-electron chi connectivity index (χ4n) is 2.77. The van der Waals surface area contributed by atoms with Crippen molar-refractivity contribution in [1.29, 1.82) is 0 Å². The third kappa shape index (κ3) is 4.89. The highest BCUT2D eigenvalue weighted by Crippen LogP contribution is 2.19. The highest BCUT2D eigenvalue weighted by atomic mass is 16.1. The van der Waals surface area contributed by atoms with E-state index in [-0.39, 0.29) is 11.5 Å². The van der Waals surface area contributed by atoms with E-state index in [0.29, 0.717) is 30.9 Å². The molecule has 3 aromatic rings. The number of carbonyl (C=O) groups is 1. The van der Waals surface area contributed by atoms with Crippen LogP contribution in [0.2, 0.25) is 0 Å². The maximum Gasteiger partial charge on any atom is 0.251 e. The Labute approximate surface area is 152 Å². The lowest BCUT2D eigenvalue weighted by atomic mass is 10.0. The van der Waals surface area contributed by atoms with Crippen molar-refractivity contribution in [2.75, 3.05) is 6.54 Å². The molecule has 2 aromatic carbocycles. The minimum absolute atomic E-state index is 0.0486. The molecule has 5 heteroatoms. The SMILES string of the molecule is Cc1cc(=O)[nH]c(CCNC(=O)Cc2ccc(-c3ccccc3)cc2)n1.